The van der Waals surface area contributed by atoms with Gasteiger partial charge in [0.25, 0.3) is 5.91 Å². The maximum atomic E-state index is 12.3. The molecule has 24 heavy (non-hydrogen) atoms. The molecule has 0 bridgehead atoms. The first-order chi connectivity index (χ1) is 11.8. The maximum Gasteiger partial charge on any atom is 0.266 e. The average molecular weight is 320 g/mol. The van der Waals surface area contributed by atoms with Gasteiger partial charge in [-0.1, -0.05) is 30.3 Å². The predicted octanol–water partition coefficient (Wildman–Crippen LogP) is 2.25. The standard InChI is InChI=1S/C18H16N4O2/c23-17-13-24-15-7-4-8-20-18(15)22(17)12-16-19-9-10-21(16)11-14-5-2-1-3-6-14/h1-10H,11-13H2. The predicted molar refractivity (Wildman–Crippen MR) is 88.7 cm³/mol. The van der Waals surface area contributed by atoms with E-state index in [1.165, 1.54) is 5.56 Å². The van der Waals surface area contributed by atoms with Gasteiger partial charge in [-0.2, -0.15) is 0 Å². The molecule has 0 radical (unpaired) electrons. The minimum atomic E-state index is -0.115. The molecule has 0 atom stereocenters. The van der Waals surface area contributed by atoms with Crippen molar-refractivity contribution >= 4 is 11.7 Å². The zero-order valence-corrected chi connectivity index (χ0v) is 13.0. The molecular formula is C18H16N4O2. The second-order valence-electron chi connectivity index (χ2n) is 5.55. The minimum absolute atomic E-state index is 0.0259. The maximum absolute atomic E-state index is 12.3. The quantitative estimate of drug-likeness (QED) is 0.740. The van der Waals surface area contributed by atoms with Crippen molar-refractivity contribution in [3.63, 3.8) is 0 Å². The van der Waals surface area contributed by atoms with E-state index in [1.807, 2.05) is 35.0 Å². The van der Waals surface area contributed by atoms with Crippen molar-refractivity contribution in [2.45, 2.75) is 13.1 Å². The first-order valence-electron chi connectivity index (χ1n) is 7.73. The lowest BCUT2D eigenvalue weighted by Gasteiger charge is -2.27. The van der Waals surface area contributed by atoms with Crippen LogP contribution in [0.25, 0.3) is 0 Å². The summed E-state index contributed by atoms with van der Waals surface area (Å²) in [5, 5.41) is 0. The Hall–Kier alpha value is -3.15. The number of pyridine rings is 1. The van der Waals surface area contributed by atoms with Crippen molar-refractivity contribution in [1.29, 1.82) is 0 Å². The van der Waals surface area contributed by atoms with E-state index in [1.54, 1.807) is 23.4 Å². The molecule has 4 rings (SSSR count). The van der Waals surface area contributed by atoms with Crippen molar-refractivity contribution < 1.29 is 9.53 Å². The normalized spacial score (nSPS) is 13.5. The van der Waals surface area contributed by atoms with Crippen LogP contribution in [-0.4, -0.2) is 27.0 Å². The summed E-state index contributed by atoms with van der Waals surface area (Å²) in [6, 6.07) is 13.8. The number of ether oxygens (including phenoxy) is 1. The molecule has 1 aliphatic rings. The number of aromatic nitrogens is 3. The van der Waals surface area contributed by atoms with Crippen LogP contribution in [-0.2, 0) is 17.9 Å². The van der Waals surface area contributed by atoms with E-state index >= 15 is 0 Å². The van der Waals surface area contributed by atoms with E-state index in [0.29, 0.717) is 24.7 Å². The Bertz CT molecular complexity index is 860. The molecule has 1 aliphatic heterocycles. The highest BCUT2D eigenvalue weighted by atomic mass is 16.5. The fourth-order valence-electron chi connectivity index (χ4n) is 2.75. The number of hydrogen-bond acceptors (Lipinski definition) is 4. The minimum Gasteiger partial charge on any atom is -0.480 e. The highest BCUT2D eigenvalue weighted by Crippen LogP contribution is 2.30. The summed E-state index contributed by atoms with van der Waals surface area (Å²) in [5.74, 6) is 1.86. The van der Waals surface area contributed by atoms with E-state index in [2.05, 4.69) is 22.1 Å². The van der Waals surface area contributed by atoms with Crippen LogP contribution in [0.2, 0.25) is 0 Å². The zero-order chi connectivity index (χ0) is 16.4. The third-order valence-electron chi connectivity index (χ3n) is 3.96. The number of carbonyl (C=O) groups excluding carboxylic acids is 1. The average Bonchev–Trinajstić information content (AvgIpc) is 3.05. The van der Waals surface area contributed by atoms with Crippen molar-refractivity contribution in [3.8, 4) is 5.75 Å². The number of amides is 1. The number of hydrogen-bond donors (Lipinski definition) is 0. The largest absolute Gasteiger partial charge is 0.480 e. The van der Waals surface area contributed by atoms with Crippen LogP contribution < -0.4 is 9.64 Å². The molecule has 0 saturated heterocycles. The Morgan fingerprint density at radius 1 is 1.00 bits per heavy atom. The van der Waals surface area contributed by atoms with E-state index < -0.39 is 0 Å². The van der Waals surface area contributed by atoms with Crippen LogP contribution >= 0.6 is 0 Å². The molecule has 2 aromatic heterocycles. The number of benzene rings is 1. The summed E-state index contributed by atoms with van der Waals surface area (Å²) < 4.78 is 7.47. The molecule has 3 aromatic rings. The van der Waals surface area contributed by atoms with Crippen molar-refractivity contribution in [2.75, 3.05) is 11.5 Å². The van der Waals surface area contributed by atoms with Crippen molar-refractivity contribution in [2.24, 2.45) is 0 Å². The van der Waals surface area contributed by atoms with E-state index in [4.69, 9.17) is 4.74 Å². The Labute approximate surface area is 139 Å². The fraction of sp³-hybridized carbons (Fsp3) is 0.167. The van der Waals surface area contributed by atoms with E-state index in [-0.39, 0.29) is 12.5 Å². The smallest absolute Gasteiger partial charge is 0.266 e. The molecule has 0 N–H and O–H groups in total. The number of fused-ring (bicyclic) bond motifs is 1. The molecule has 0 spiro atoms. The van der Waals surface area contributed by atoms with Gasteiger partial charge >= 0.3 is 0 Å². The van der Waals surface area contributed by atoms with Gasteiger partial charge in [-0.25, -0.2) is 9.97 Å². The van der Waals surface area contributed by atoms with Gasteiger partial charge in [-0.05, 0) is 17.7 Å². The molecule has 0 saturated carbocycles. The lowest BCUT2D eigenvalue weighted by atomic mass is 10.2. The molecule has 6 heteroatoms. The Morgan fingerprint density at radius 2 is 1.88 bits per heavy atom. The first-order valence-corrected chi connectivity index (χ1v) is 7.73. The molecule has 0 unspecified atom stereocenters. The van der Waals surface area contributed by atoms with Crippen LogP contribution in [0.4, 0.5) is 5.82 Å². The van der Waals surface area contributed by atoms with Gasteiger partial charge in [0, 0.05) is 25.1 Å². The van der Waals surface area contributed by atoms with Crippen LogP contribution in [0.1, 0.15) is 11.4 Å². The van der Waals surface area contributed by atoms with Crippen LogP contribution in [0.3, 0.4) is 0 Å². The van der Waals surface area contributed by atoms with Gasteiger partial charge in [0.1, 0.15) is 5.82 Å². The monoisotopic (exact) mass is 320 g/mol. The lowest BCUT2D eigenvalue weighted by molar-refractivity contribution is -0.121. The molecule has 1 amide bonds. The van der Waals surface area contributed by atoms with Crippen LogP contribution in [0.15, 0.2) is 61.1 Å². The summed E-state index contributed by atoms with van der Waals surface area (Å²) in [4.78, 5) is 22.6. The van der Waals surface area contributed by atoms with Gasteiger partial charge in [0.2, 0.25) is 0 Å². The summed E-state index contributed by atoms with van der Waals surface area (Å²) in [6.07, 6.45) is 5.33. The zero-order valence-electron chi connectivity index (χ0n) is 13.0. The van der Waals surface area contributed by atoms with Crippen molar-refractivity contribution in [1.82, 2.24) is 14.5 Å². The van der Waals surface area contributed by atoms with Gasteiger partial charge in [0.15, 0.2) is 18.2 Å². The van der Waals surface area contributed by atoms with Crippen LogP contribution in [0, 0.1) is 0 Å². The molecule has 1 aromatic carbocycles. The van der Waals surface area contributed by atoms with Crippen molar-refractivity contribution in [3.05, 3.63) is 72.4 Å². The number of anilines is 1. The van der Waals surface area contributed by atoms with Gasteiger partial charge in [0.05, 0.1) is 6.54 Å². The van der Waals surface area contributed by atoms with Crippen LogP contribution in [0.5, 0.6) is 5.75 Å². The lowest BCUT2D eigenvalue weighted by Crippen LogP contribution is -2.39. The summed E-state index contributed by atoms with van der Waals surface area (Å²) in [6.45, 7) is 1.11. The SMILES string of the molecule is O=C1COc2cccnc2N1Cc1nccn1Cc1ccccc1. The second-order valence-corrected chi connectivity index (χ2v) is 5.55. The summed E-state index contributed by atoms with van der Waals surface area (Å²) >= 11 is 0. The topological polar surface area (TPSA) is 60.2 Å². The molecule has 120 valence electrons. The molecular weight excluding hydrogens is 304 g/mol. The molecule has 0 aliphatic carbocycles. The van der Waals surface area contributed by atoms with E-state index in [9.17, 15) is 4.79 Å². The third kappa shape index (κ3) is 2.74. The number of carbonyl (C=O) groups is 1. The van der Waals surface area contributed by atoms with Gasteiger partial charge < -0.3 is 9.30 Å². The Kier molecular flexibility index (Phi) is 3.70. The fourth-order valence-corrected chi connectivity index (χ4v) is 2.75. The number of imidazole rings is 1. The summed E-state index contributed by atoms with van der Waals surface area (Å²) in [7, 11) is 0. The number of rotatable bonds is 4. The van der Waals surface area contributed by atoms with Gasteiger partial charge in [-0.3, -0.25) is 9.69 Å². The number of nitrogens with zero attached hydrogens (tertiary/aromatic N) is 4. The summed E-state index contributed by atoms with van der Waals surface area (Å²) in [5.41, 5.74) is 1.18. The Morgan fingerprint density at radius 3 is 2.75 bits per heavy atom. The highest BCUT2D eigenvalue weighted by molar-refractivity contribution is 5.96. The van der Waals surface area contributed by atoms with E-state index in [0.717, 1.165) is 5.82 Å². The third-order valence-corrected chi connectivity index (χ3v) is 3.96. The molecule has 6 nitrogen and oxygen atoms in total. The molecule has 0 fully saturated rings. The molecule has 3 heterocycles. The highest BCUT2D eigenvalue weighted by Gasteiger charge is 2.27. The first kappa shape index (κ1) is 14.4. The van der Waals surface area contributed by atoms with Gasteiger partial charge in [-0.15, -0.1) is 0 Å². The second kappa shape index (κ2) is 6.16. The Balaban J connectivity index is 1.60.